The summed E-state index contributed by atoms with van der Waals surface area (Å²) in [5, 5.41) is 3.06. The van der Waals surface area contributed by atoms with E-state index in [1.807, 2.05) is 44.5 Å². The van der Waals surface area contributed by atoms with Crippen molar-refractivity contribution in [2.75, 3.05) is 6.54 Å². The molecule has 0 aromatic carbocycles. The highest BCUT2D eigenvalue weighted by Crippen LogP contribution is 2.66. The molecule has 1 aromatic rings. The lowest BCUT2D eigenvalue weighted by molar-refractivity contribution is -0.116. The standard InChI is InChI=1S/C23H29N3O.C4H8/c1-22-9-10-26-21(27)11-16(22)3-4-17-19-6-5-18(15-12-24-14-25-13-15)23(19,2)8-7-20(17)22;1-3-4-2/h5,11-14,17,19-20H,3-4,6-10H2,1-2H3,(H,26,27);3-4H,1-2H3/b;4-3-. The van der Waals surface area contributed by atoms with Crippen LogP contribution >= 0.6 is 0 Å². The number of fused-ring (bicyclic) bond motifs is 5. The summed E-state index contributed by atoms with van der Waals surface area (Å²) in [6, 6.07) is 0. The van der Waals surface area contributed by atoms with E-state index in [0.29, 0.717) is 11.8 Å². The first-order valence-corrected chi connectivity index (χ1v) is 12.0. The molecule has 3 aliphatic carbocycles. The molecule has 5 rings (SSSR count). The van der Waals surface area contributed by atoms with Crippen LogP contribution in [-0.2, 0) is 4.79 Å². The number of aromatic nitrogens is 2. The van der Waals surface area contributed by atoms with Crippen LogP contribution in [0.3, 0.4) is 0 Å². The molecule has 166 valence electrons. The van der Waals surface area contributed by atoms with Crippen molar-refractivity contribution in [3.8, 4) is 0 Å². The quantitative estimate of drug-likeness (QED) is 0.591. The normalized spacial score (nSPS) is 36.6. The average molecular weight is 420 g/mol. The number of amides is 1. The third kappa shape index (κ3) is 3.79. The van der Waals surface area contributed by atoms with Gasteiger partial charge >= 0.3 is 0 Å². The van der Waals surface area contributed by atoms with Crippen LogP contribution in [0.1, 0.15) is 71.8 Å². The number of hydrogen-bond acceptors (Lipinski definition) is 3. The third-order valence-corrected chi connectivity index (χ3v) is 8.77. The molecule has 1 amide bonds. The Morgan fingerprint density at radius 2 is 1.77 bits per heavy atom. The zero-order valence-electron chi connectivity index (χ0n) is 19.5. The molecule has 5 atom stereocenters. The first-order valence-electron chi connectivity index (χ1n) is 12.0. The lowest BCUT2D eigenvalue weighted by Gasteiger charge is -2.57. The molecule has 1 aliphatic heterocycles. The Morgan fingerprint density at radius 1 is 1.03 bits per heavy atom. The summed E-state index contributed by atoms with van der Waals surface area (Å²) in [5.74, 6) is 2.26. The molecule has 2 saturated carbocycles. The Kier molecular flexibility index (Phi) is 6.18. The minimum atomic E-state index is 0.113. The molecule has 0 saturated heterocycles. The van der Waals surface area contributed by atoms with Crippen molar-refractivity contribution in [2.45, 2.75) is 66.2 Å². The van der Waals surface area contributed by atoms with Gasteiger partial charge in [0.05, 0.1) is 0 Å². The van der Waals surface area contributed by atoms with E-state index in [1.165, 1.54) is 42.4 Å². The second-order valence-corrected chi connectivity index (χ2v) is 10.1. The van der Waals surface area contributed by atoms with Gasteiger partial charge in [-0.05, 0) is 86.5 Å². The van der Waals surface area contributed by atoms with Crippen LogP contribution in [0.5, 0.6) is 0 Å². The van der Waals surface area contributed by atoms with Crippen molar-refractivity contribution >= 4 is 11.5 Å². The zero-order chi connectivity index (χ0) is 22.1. The van der Waals surface area contributed by atoms with Crippen LogP contribution in [0.4, 0.5) is 0 Å². The predicted molar refractivity (Wildman–Crippen MR) is 126 cm³/mol. The van der Waals surface area contributed by atoms with Gasteiger partial charge in [0, 0.05) is 30.6 Å². The largest absolute Gasteiger partial charge is 0.353 e. The van der Waals surface area contributed by atoms with Crippen molar-refractivity contribution in [3.63, 3.8) is 0 Å². The summed E-state index contributed by atoms with van der Waals surface area (Å²) >= 11 is 0. The van der Waals surface area contributed by atoms with Crippen molar-refractivity contribution in [1.29, 1.82) is 0 Å². The van der Waals surface area contributed by atoms with Gasteiger partial charge in [-0.15, -0.1) is 0 Å². The fraction of sp³-hybridized carbons (Fsp3) is 0.593. The average Bonchev–Trinajstić information content (AvgIpc) is 3.05. The van der Waals surface area contributed by atoms with Gasteiger partial charge in [-0.2, -0.15) is 0 Å². The summed E-state index contributed by atoms with van der Waals surface area (Å²) in [4.78, 5) is 20.6. The van der Waals surface area contributed by atoms with Gasteiger partial charge in [-0.25, -0.2) is 9.97 Å². The van der Waals surface area contributed by atoms with Gasteiger partial charge in [0.2, 0.25) is 5.91 Å². The molecule has 31 heavy (non-hydrogen) atoms. The molecule has 1 N–H and O–H groups in total. The summed E-state index contributed by atoms with van der Waals surface area (Å²) in [7, 11) is 0. The molecular weight excluding hydrogens is 382 g/mol. The second kappa shape index (κ2) is 8.72. The Labute approximate surface area is 187 Å². The molecular formula is C27H37N3O. The molecule has 4 nitrogen and oxygen atoms in total. The van der Waals surface area contributed by atoms with Crippen molar-refractivity contribution in [3.05, 3.63) is 54.2 Å². The molecule has 5 unspecified atom stereocenters. The zero-order valence-corrected chi connectivity index (χ0v) is 19.5. The summed E-state index contributed by atoms with van der Waals surface area (Å²) in [5.41, 5.74) is 4.50. The van der Waals surface area contributed by atoms with Crippen LogP contribution in [-0.4, -0.2) is 22.4 Å². The minimum absolute atomic E-state index is 0.113. The van der Waals surface area contributed by atoms with Crippen molar-refractivity contribution in [1.82, 2.24) is 15.3 Å². The smallest absolute Gasteiger partial charge is 0.243 e. The van der Waals surface area contributed by atoms with Crippen molar-refractivity contribution < 1.29 is 4.79 Å². The molecule has 0 bridgehead atoms. The number of nitrogens with one attached hydrogen (secondary N) is 1. The van der Waals surface area contributed by atoms with Crippen LogP contribution in [0, 0.1) is 28.6 Å². The van der Waals surface area contributed by atoms with E-state index in [1.54, 1.807) is 6.33 Å². The number of hydrogen-bond donors (Lipinski definition) is 1. The predicted octanol–water partition coefficient (Wildman–Crippen LogP) is 5.74. The Hall–Kier alpha value is -2.23. The van der Waals surface area contributed by atoms with Gasteiger partial charge in [0.15, 0.2) is 0 Å². The summed E-state index contributed by atoms with van der Waals surface area (Å²) in [6.07, 6.45) is 21.0. The van der Waals surface area contributed by atoms with Gasteiger partial charge in [0.1, 0.15) is 6.33 Å². The number of carbonyl (C=O) groups is 1. The maximum Gasteiger partial charge on any atom is 0.243 e. The lowest BCUT2D eigenvalue weighted by atomic mass is 9.47. The maximum absolute atomic E-state index is 12.1. The topological polar surface area (TPSA) is 54.9 Å². The summed E-state index contributed by atoms with van der Waals surface area (Å²) in [6.45, 7) is 9.73. The molecule has 1 aromatic heterocycles. The highest BCUT2D eigenvalue weighted by atomic mass is 16.1. The van der Waals surface area contributed by atoms with Gasteiger partial charge in [-0.3, -0.25) is 4.79 Å². The van der Waals surface area contributed by atoms with E-state index in [9.17, 15) is 4.79 Å². The second-order valence-electron chi connectivity index (χ2n) is 10.1. The molecule has 0 radical (unpaired) electrons. The Balaban J connectivity index is 0.000000535. The van der Waals surface area contributed by atoms with Gasteiger partial charge in [-0.1, -0.05) is 37.6 Å². The maximum atomic E-state index is 12.1. The molecule has 0 spiro atoms. The van der Waals surface area contributed by atoms with Crippen molar-refractivity contribution in [2.24, 2.45) is 28.6 Å². The Bertz CT molecular complexity index is 898. The highest BCUT2D eigenvalue weighted by Gasteiger charge is 2.56. The van der Waals surface area contributed by atoms with Crippen LogP contribution in [0.15, 0.2) is 48.6 Å². The number of rotatable bonds is 1. The van der Waals surface area contributed by atoms with E-state index >= 15 is 0 Å². The van der Waals surface area contributed by atoms with E-state index in [0.717, 1.165) is 25.3 Å². The molecule has 4 heteroatoms. The highest BCUT2D eigenvalue weighted by molar-refractivity contribution is 5.88. The van der Waals surface area contributed by atoms with Crippen LogP contribution < -0.4 is 5.32 Å². The van der Waals surface area contributed by atoms with Crippen LogP contribution in [0.25, 0.3) is 5.57 Å². The molecule has 2 heterocycles. The molecule has 4 aliphatic rings. The van der Waals surface area contributed by atoms with Gasteiger partial charge < -0.3 is 5.32 Å². The van der Waals surface area contributed by atoms with Crippen LogP contribution in [0.2, 0.25) is 0 Å². The monoisotopic (exact) mass is 419 g/mol. The first-order chi connectivity index (χ1) is 14.9. The first kappa shape index (κ1) is 22.0. The number of carbonyl (C=O) groups excluding carboxylic acids is 1. The minimum Gasteiger partial charge on any atom is -0.353 e. The van der Waals surface area contributed by atoms with E-state index in [-0.39, 0.29) is 16.7 Å². The van der Waals surface area contributed by atoms with E-state index in [2.05, 4.69) is 35.2 Å². The van der Waals surface area contributed by atoms with E-state index in [4.69, 9.17) is 0 Å². The third-order valence-electron chi connectivity index (χ3n) is 8.77. The number of nitrogens with zero attached hydrogens (tertiary/aromatic N) is 2. The van der Waals surface area contributed by atoms with E-state index < -0.39 is 0 Å². The summed E-state index contributed by atoms with van der Waals surface area (Å²) < 4.78 is 0. The number of allylic oxidation sites excluding steroid dienone is 5. The Morgan fingerprint density at radius 3 is 2.48 bits per heavy atom. The van der Waals surface area contributed by atoms with Gasteiger partial charge in [0.25, 0.3) is 0 Å². The fourth-order valence-corrected chi connectivity index (χ4v) is 7.02. The molecule has 2 fully saturated rings. The lowest BCUT2D eigenvalue weighted by Crippen LogP contribution is -2.49. The SMILES string of the molecule is C/C=C\C.CC12CCNC(=O)C=C1CCC1C2CCC2(C)C(c3cncnc3)=CCC12. The fourth-order valence-electron chi connectivity index (χ4n) is 7.02.